The number of nitrogens with two attached hydrogens (primary N) is 1. The highest BCUT2D eigenvalue weighted by molar-refractivity contribution is 7.89. The molecule has 0 saturated heterocycles. The van der Waals surface area contributed by atoms with Crippen molar-refractivity contribution in [3.05, 3.63) is 41.7 Å². The molecule has 5 nitrogen and oxygen atoms in total. The molecule has 0 aromatic heterocycles. The van der Waals surface area contributed by atoms with Crippen LogP contribution in [0.2, 0.25) is 0 Å². The van der Waals surface area contributed by atoms with Crippen LogP contribution in [0, 0.1) is 23.6 Å². The van der Waals surface area contributed by atoms with Crippen molar-refractivity contribution in [1.82, 2.24) is 5.32 Å². The monoisotopic (exact) mass is 338 g/mol. The molecule has 0 aliphatic heterocycles. The van der Waals surface area contributed by atoms with Gasteiger partial charge in [-0.15, -0.1) is 0 Å². The Balaban J connectivity index is 1.61. The minimum absolute atomic E-state index is 0.276. The second kappa shape index (κ2) is 6.05. The molecule has 1 saturated carbocycles. The van der Waals surface area contributed by atoms with Crippen LogP contribution in [0.1, 0.15) is 29.6 Å². The van der Waals surface area contributed by atoms with Gasteiger partial charge in [0.1, 0.15) is 5.82 Å². The molecule has 3 N–H and O–H groups in total. The number of primary sulfonamides is 1. The van der Waals surface area contributed by atoms with E-state index < -0.39 is 21.7 Å². The number of fused-ring (bicyclic) bond motifs is 2. The lowest BCUT2D eigenvalue weighted by molar-refractivity contribution is 0.0946. The average Bonchev–Trinajstić information content (AvgIpc) is 3.09. The minimum Gasteiger partial charge on any atom is -0.352 e. The third kappa shape index (κ3) is 3.45. The van der Waals surface area contributed by atoms with Crippen molar-refractivity contribution in [2.45, 2.75) is 24.2 Å². The fourth-order valence-electron chi connectivity index (χ4n) is 3.55. The van der Waals surface area contributed by atoms with Gasteiger partial charge in [0.05, 0.1) is 10.5 Å². The number of nitrogens with one attached hydrogen (secondary N) is 1. The number of hydrogen-bond acceptors (Lipinski definition) is 3. The topological polar surface area (TPSA) is 89.3 Å². The lowest BCUT2D eigenvalue weighted by Gasteiger charge is -2.18. The predicted molar refractivity (Wildman–Crippen MR) is 83.6 cm³/mol. The quantitative estimate of drug-likeness (QED) is 0.802. The van der Waals surface area contributed by atoms with Gasteiger partial charge < -0.3 is 5.32 Å². The van der Waals surface area contributed by atoms with Crippen LogP contribution >= 0.6 is 0 Å². The molecule has 2 aliphatic rings. The number of rotatable bonds is 5. The number of hydrogen-bond donors (Lipinski definition) is 2. The lowest BCUT2D eigenvalue weighted by atomic mass is 9.90. The number of carbonyl (C=O) groups excluding carboxylic acids is 1. The van der Waals surface area contributed by atoms with Crippen molar-refractivity contribution < 1.29 is 17.6 Å². The summed E-state index contributed by atoms with van der Waals surface area (Å²) in [7, 11) is -3.97. The van der Waals surface area contributed by atoms with Crippen molar-refractivity contribution in [3.63, 3.8) is 0 Å². The first-order chi connectivity index (χ1) is 10.8. The highest BCUT2D eigenvalue weighted by Gasteiger charge is 2.35. The second-order valence-electron chi connectivity index (χ2n) is 6.27. The minimum atomic E-state index is -3.97. The fourth-order valence-corrected chi connectivity index (χ4v) is 4.09. The molecule has 0 spiro atoms. The van der Waals surface area contributed by atoms with E-state index in [-0.39, 0.29) is 10.5 Å². The summed E-state index contributed by atoms with van der Waals surface area (Å²) in [6.07, 6.45) is 7.69. The highest BCUT2D eigenvalue weighted by Crippen LogP contribution is 2.44. The van der Waals surface area contributed by atoms with Gasteiger partial charge in [-0.25, -0.2) is 17.9 Å². The molecule has 1 fully saturated rings. The van der Waals surface area contributed by atoms with E-state index in [1.165, 1.54) is 6.42 Å². The summed E-state index contributed by atoms with van der Waals surface area (Å²) in [5.74, 6) is 0.444. The van der Waals surface area contributed by atoms with Gasteiger partial charge in [-0.3, -0.25) is 4.79 Å². The Kier molecular flexibility index (Phi) is 4.25. The van der Waals surface area contributed by atoms with Gasteiger partial charge >= 0.3 is 0 Å². The van der Waals surface area contributed by atoms with Gasteiger partial charge in [0.25, 0.3) is 5.91 Å². The van der Waals surface area contributed by atoms with Crippen molar-refractivity contribution in [2.75, 3.05) is 6.54 Å². The summed E-state index contributed by atoms with van der Waals surface area (Å²) >= 11 is 0. The lowest BCUT2D eigenvalue weighted by Crippen LogP contribution is -2.28. The number of sulfonamides is 1. The largest absolute Gasteiger partial charge is 0.352 e. The zero-order chi connectivity index (χ0) is 16.6. The second-order valence-corrected chi connectivity index (χ2v) is 7.83. The Bertz CT molecular complexity index is 761. The molecule has 7 heteroatoms. The van der Waals surface area contributed by atoms with E-state index in [9.17, 15) is 17.6 Å². The van der Waals surface area contributed by atoms with E-state index in [2.05, 4.69) is 17.5 Å². The van der Waals surface area contributed by atoms with E-state index in [4.69, 9.17) is 5.14 Å². The predicted octanol–water partition coefficient (Wildman–Crippen LogP) is 1.81. The third-order valence-electron chi connectivity index (χ3n) is 4.73. The van der Waals surface area contributed by atoms with Crippen molar-refractivity contribution in [1.29, 1.82) is 0 Å². The molecular formula is C16H19FN2O3S. The van der Waals surface area contributed by atoms with Gasteiger partial charge in [-0.1, -0.05) is 12.2 Å². The van der Waals surface area contributed by atoms with Crippen LogP contribution in [0.15, 0.2) is 35.2 Å². The molecule has 3 atom stereocenters. The van der Waals surface area contributed by atoms with Gasteiger partial charge in [0, 0.05) is 6.54 Å². The van der Waals surface area contributed by atoms with Crippen LogP contribution in [0.5, 0.6) is 0 Å². The first-order valence-corrected chi connectivity index (χ1v) is 9.18. The molecule has 2 aliphatic carbocycles. The highest BCUT2D eigenvalue weighted by atomic mass is 32.2. The van der Waals surface area contributed by atoms with E-state index in [1.54, 1.807) is 0 Å². The van der Waals surface area contributed by atoms with E-state index in [1.807, 2.05) is 0 Å². The molecule has 0 heterocycles. The molecular weight excluding hydrogens is 319 g/mol. The summed E-state index contributed by atoms with van der Waals surface area (Å²) in [4.78, 5) is 11.8. The molecule has 1 amide bonds. The number of halogens is 1. The molecule has 1 aromatic carbocycles. The number of amides is 1. The van der Waals surface area contributed by atoms with E-state index in [0.717, 1.165) is 31.0 Å². The van der Waals surface area contributed by atoms with Gasteiger partial charge in [-0.2, -0.15) is 0 Å². The van der Waals surface area contributed by atoms with Crippen molar-refractivity contribution in [3.8, 4) is 0 Å². The van der Waals surface area contributed by atoms with Crippen LogP contribution in [-0.2, 0) is 10.0 Å². The first-order valence-electron chi connectivity index (χ1n) is 7.63. The van der Waals surface area contributed by atoms with E-state index >= 15 is 0 Å². The summed E-state index contributed by atoms with van der Waals surface area (Å²) < 4.78 is 36.3. The van der Waals surface area contributed by atoms with Crippen LogP contribution in [-0.4, -0.2) is 20.9 Å². The van der Waals surface area contributed by atoms with Crippen molar-refractivity contribution >= 4 is 15.9 Å². The zero-order valence-electron chi connectivity index (χ0n) is 12.5. The van der Waals surface area contributed by atoms with Crippen LogP contribution in [0.25, 0.3) is 0 Å². The summed E-state index contributed by atoms with van der Waals surface area (Å²) in [5, 5.41) is 7.67. The van der Waals surface area contributed by atoms with Crippen LogP contribution < -0.4 is 10.5 Å². The average molecular weight is 338 g/mol. The summed E-state index contributed by atoms with van der Waals surface area (Å²) in [6, 6.07) is 2.96. The summed E-state index contributed by atoms with van der Waals surface area (Å²) in [5.41, 5.74) is -0.302. The standard InChI is InChI=1S/C16H19FN2O3S/c17-15-4-3-13(23(18,21)22)9-14(15)16(20)19-6-5-12-8-10-1-2-11(12)7-10/h1-4,9-12H,5-8H2,(H,19,20)(H2,18,21,22)/t10-,11+,12-/m1/s1. The number of benzene rings is 1. The Morgan fingerprint density at radius 2 is 2.09 bits per heavy atom. The Hall–Kier alpha value is -1.73. The van der Waals surface area contributed by atoms with Crippen LogP contribution in [0.3, 0.4) is 0 Å². The molecule has 0 radical (unpaired) electrons. The molecule has 3 rings (SSSR count). The smallest absolute Gasteiger partial charge is 0.254 e. The van der Waals surface area contributed by atoms with E-state index in [0.29, 0.717) is 24.3 Å². The van der Waals surface area contributed by atoms with Gasteiger partial charge in [-0.05, 0) is 55.2 Å². The maximum absolute atomic E-state index is 13.8. The third-order valence-corrected chi connectivity index (χ3v) is 5.64. The van der Waals surface area contributed by atoms with Crippen LogP contribution in [0.4, 0.5) is 4.39 Å². The maximum atomic E-state index is 13.8. The van der Waals surface area contributed by atoms with Crippen molar-refractivity contribution in [2.24, 2.45) is 22.9 Å². The molecule has 23 heavy (non-hydrogen) atoms. The first kappa shape index (κ1) is 16.1. The maximum Gasteiger partial charge on any atom is 0.254 e. The molecule has 1 aromatic rings. The SMILES string of the molecule is NS(=O)(=O)c1ccc(F)c(C(=O)NCC[C@@H]2C[C@@H]3C=C[C@H]2C3)c1. The zero-order valence-corrected chi connectivity index (χ0v) is 13.4. The molecule has 0 unspecified atom stereocenters. The Labute approximate surface area is 134 Å². The number of carbonyl (C=O) groups is 1. The summed E-state index contributed by atoms with van der Waals surface area (Å²) in [6.45, 7) is 0.444. The molecule has 2 bridgehead atoms. The van der Waals surface area contributed by atoms with Gasteiger partial charge in [0.15, 0.2) is 0 Å². The Morgan fingerprint density at radius 1 is 1.30 bits per heavy atom. The number of allylic oxidation sites excluding steroid dienone is 2. The molecule has 124 valence electrons. The fraction of sp³-hybridized carbons (Fsp3) is 0.438. The normalized spacial score (nSPS) is 25.7. The van der Waals surface area contributed by atoms with Gasteiger partial charge in [0.2, 0.25) is 10.0 Å². The Morgan fingerprint density at radius 3 is 2.70 bits per heavy atom.